The van der Waals surface area contributed by atoms with E-state index in [1.807, 2.05) is 6.92 Å². The molecule has 1 saturated heterocycles. The summed E-state index contributed by atoms with van der Waals surface area (Å²) in [6, 6.07) is 10.5. The number of nitrogens with zero attached hydrogens (tertiary/aromatic N) is 3. The van der Waals surface area contributed by atoms with Gasteiger partial charge < -0.3 is 29.4 Å². The molecule has 35 heavy (non-hydrogen) atoms. The van der Waals surface area contributed by atoms with Crippen LogP contribution in [0.15, 0.2) is 51.8 Å². The molecule has 11 heteroatoms. The molecule has 0 radical (unpaired) electrons. The Hall–Kier alpha value is -4.38. The number of carbonyl (C=O) groups excluding carboxylic acids is 1. The topological polar surface area (TPSA) is 135 Å². The summed E-state index contributed by atoms with van der Waals surface area (Å²) in [4.78, 5) is 37.8. The van der Waals surface area contributed by atoms with Crippen LogP contribution in [0.2, 0.25) is 0 Å². The number of nitrogens with one attached hydrogen (secondary N) is 3. The Morgan fingerprint density at radius 2 is 1.94 bits per heavy atom. The average Bonchev–Trinajstić information content (AvgIpc) is 3.25. The Morgan fingerprint density at radius 3 is 2.74 bits per heavy atom. The van der Waals surface area contributed by atoms with Crippen molar-refractivity contribution >= 4 is 40.1 Å². The zero-order valence-corrected chi connectivity index (χ0v) is 19.3. The minimum atomic E-state index is -0.508. The van der Waals surface area contributed by atoms with Crippen LogP contribution in [-0.4, -0.2) is 59.2 Å². The smallest absolute Gasteiger partial charge is 0.417 e. The molecule has 1 fully saturated rings. The molecular weight excluding hydrogens is 452 g/mol. The van der Waals surface area contributed by atoms with Crippen molar-refractivity contribution in [3.05, 3.63) is 64.3 Å². The van der Waals surface area contributed by atoms with Crippen LogP contribution in [0.4, 0.5) is 23.1 Å². The number of carbonyl (C=O) groups is 1. The third-order valence-electron chi connectivity index (χ3n) is 5.60. The van der Waals surface area contributed by atoms with Crippen LogP contribution in [0, 0.1) is 6.92 Å². The maximum absolute atomic E-state index is 13.0. The second-order valence-corrected chi connectivity index (χ2v) is 8.06. The Kier molecular flexibility index (Phi) is 6.06. The van der Waals surface area contributed by atoms with E-state index in [1.54, 1.807) is 54.6 Å². The van der Waals surface area contributed by atoms with Gasteiger partial charge in [0.05, 0.1) is 25.8 Å². The van der Waals surface area contributed by atoms with Crippen LogP contribution in [0.5, 0.6) is 5.75 Å². The van der Waals surface area contributed by atoms with E-state index in [-0.39, 0.29) is 5.91 Å². The lowest BCUT2D eigenvalue weighted by Gasteiger charge is -2.27. The number of hydrogen-bond donors (Lipinski definition) is 3. The second-order valence-electron chi connectivity index (χ2n) is 8.06. The number of amides is 1. The summed E-state index contributed by atoms with van der Waals surface area (Å²) >= 11 is 0. The maximum atomic E-state index is 13.0. The summed E-state index contributed by atoms with van der Waals surface area (Å²) in [6.07, 6.45) is 1.69. The normalized spacial score (nSPS) is 13.6. The van der Waals surface area contributed by atoms with Gasteiger partial charge >= 0.3 is 5.76 Å². The number of hydrogen-bond acceptors (Lipinski definition) is 9. The van der Waals surface area contributed by atoms with Crippen molar-refractivity contribution in [3.8, 4) is 5.75 Å². The highest BCUT2D eigenvalue weighted by atomic mass is 16.5. The summed E-state index contributed by atoms with van der Waals surface area (Å²) in [7, 11) is 1.55. The number of morpholine rings is 1. The number of aryl methyl sites for hydroxylation is 1. The minimum Gasteiger partial charge on any atom is -0.497 e. The first-order valence-corrected chi connectivity index (χ1v) is 11.1. The van der Waals surface area contributed by atoms with Gasteiger partial charge in [0.25, 0.3) is 5.91 Å². The van der Waals surface area contributed by atoms with E-state index in [9.17, 15) is 9.59 Å². The van der Waals surface area contributed by atoms with Gasteiger partial charge in [-0.2, -0.15) is 4.98 Å². The lowest BCUT2D eigenvalue weighted by atomic mass is 10.1. The number of aromatic amines is 1. The van der Waals surface area contributed by atoms with E-state index < -0.39 is 5.76 Å². The van der Waals surface area contributed by atoms with Gasteiger partial charge in [0, 0.05) is 47.9 Å². The van der Waals surface area contributed by atoms with Gasteiger partial charge in [0.1, 0.15) is 11.6 Å². The van der Waals surface area contributed by atoms with Gasteiger partial charge in [0.2, 0.25) is 5.95 Å². The fourth-order valence-corrected chi connectivity index (χ4v) is 3.79. The highest BCUT2D eigenvalue weighted by Gasteiger charge is 2.20. The van der Waals surface area contributed by atoms with Crippen molar-refractivity contribution in [2.24, 2.45) is 0 Å². The van der Waals surface area contributed by atoms with E-state index >= 15 is 0 Å². The van der Waals surface area contributed by atoms with Gasteiger partial charge in [-0.3, -0.25) is 9.78 Å². The SMILES string of the molecule is COc1cc(Nc2ncc(C)c(Nc3ccc4oc(=O)[nH]c4c3)n2)cc(C(=O)N2CCOCC2)c1. The molecule has 3 N–H and O–H groups in total. The van der Waals surface area contributed by atoms with Gasteiger partial charge in [-0.25, -0.2) is 9.78 Å². The zero-order valence-electron chi connectivity index (χ0n) is 19.3. The molecule has 1 amide bonds. The van der Waals surface area contributed by atoms with Gasteiger partial charge in [-0.15, -0.1) is 0 Å². The number of benzene rings is 2. The molecule has 3 heterocycles. The third kappa shape index (κ3) is 4.94. The molecule has 1 aliphatic heterocycles. The Morgan fingerprint density at radius 1 is 1.11 bits per heavy atom. The standard InChI is InChI=1S/C24H24N6O5/c1-14-13-25-23(29-21(14)26-16-3-4-20-19(12-16)28-24(32)35-20)27-17-9-15(10-18(11-17)33-2)22(31)30-5-7-34-8-6-30/h3-4,9-13H,5-8H2,1-2H3,(H,28,32)(H2,25,26,27,29). The van der Waals surface area contributed by atoms with Crippen molar-refractivity contribution in [2.75, 3.05) is 44.0 Å². The van der Waals surface area contributed by atoms with E-state index in [0.717, 1.165) is 11.3 Å². The third-order valence-corrected chi connectivity index (χ3v) is 5.60. The number of oxazole rings is 1. The predicted octanol–water partition coefficient (Wildman–Crippen LogP) is 3.19. The first-order valence-electron chi connectivity index (χ1n) is 11.1. The van der Waals surface area contributed by atoms with Crippen molar-refractivity contribution in [3.63, 3.8) is 0 Å². The van der Waals surface area contributed by atoms with Gasteiger partial charge in [0.15, 0.2) is 5.58 Å². The number of fused-ring (bicyclic) bond motifs is 1. The first-order chi connectivity index (χ1) is 17.0. The molecule has 0 aliphatic carbocycles. The highest BCUT2D eigenvalue weighted by Crippen LogP contribution is 2.26. The quantitative estimate of drug-likeness (QED) is 0.383. The van der Waals surface area contributed by atoms with Crippen molar-refractivity contribution in [1.29, 1.82) is 0 Å². The maximum Gasteiger partial charge on any atom is 0.417 e. The second kappa shape index (κ2) is 9.47. The molecule has 5 rings (SSSR count). The van der Waals surface area contributed by atoms with Crippen molar-refractivity contribution in [2.45, 2.75) is 6.92 Å². The molecule has 0 saturated carbocycles. The fraction of sp³-hybridized carbons (Fsp3) is 0.250. The predicted molar refractivity (Wildman–Crippen MR) is 130 cm³/mol. The summed E-state index contributed by atoms with van der Waals surface area (Å²) < 4.78 is 15.8. The summed E-state index contributed by atoms with van der Waals surface area (Å²) in [6.45, 7) is 4.03. The van der Waals surface area contributed by atoms with Crippen molar-refractivity contribution in [1.82, 2.24) is 19.9 Å². The number of methoxy groups -OCH3 is 1. The van der Waals surface area contributed by atoms with Crippen LogP contribution in [0.1, 0.15) is 15.9 Å². The van der Waals surface area contributed by atoms with Crippen LogP contribution in [0.25, 0.3) is 11.1 Å². The lowest BCUT2D eigenvalue weighted by molar-refractivity contribution is 0.0302. The number of ether oxygens (including phenoxy) is 2. The molecule has 4 aromatic rings. The van der Waals surface area contributed by atoms with Crippen LogP contribution < -0.4 is 21.1 Å². The average molecular weight is 476 g/mol. The molecule has 11 nitrogen and oxygen atoms in total. The van der Waals surface area contributed by atoms with E-state index in [1.165, 1.54) is 0 Å². The number of aromatic nitrogens is 3. The number of H-pyrrole nitrogens is 1. The van der Waals surface area contributed by atoms with Crippen molar-refractivity contribution < 1.29 is 18.7 Å². The number of anilines is 4. The fourth-order valence-electron chi connectivity index (χ4n) is 3.79. The molecule has 0 bridgehead atoms. The van der Waals surface area contributed by atoms with E-state index in [0.29, 0.717) is 66.2 Å². The largest absolute Gasteiger partial charge is 0.497 e. The van der Waals surface area contributed by atoms with E-state index in [2.05, 4.69) is 25.6 Å². The highest BCUT2D eigenvalue weighted by molar-refractivity contribution is 5.96. The van der Waals surface area contributed by atoms with Gasteiger partial charge in [-0.05, 0) is 37.3 Å². The van der Waals surface area contributed by atoms with E-state index in [4.69, 9.17) is 13.9 Å². The van der Waals surface area contributed by atoms with Crippen LogP contribution in [-0.2, 0) is 4.74 Å². The minimum absolute atomic E-state index is 0.0879. The van der Waals surface area contributed by atoms with Gasteiger partial charge in [-0.1, -0.05) is 0 Å². The summed E-state index contributed by atoms with van der Waals surface area (Å²) in [5.74, 6) is 0.871. The molecule has 0 spiro atoms. The number of rotatable bonds is 6. The molecule has 180 valence electrons. The Balaban J connectivity index is 1.39. The summed E-state index contributed by atoms with van der Waals surface area (Å²) in [5, 5.41) is 6.41. The Bertz CT molecular complexity index is 1440. The molecule has 2 aromatic carbocycles. The lowest BCUT2D eigenvalue weighted by Crippen LogP contribution is -2.40. The zero-order chi connectivity index (χ0) is 24.4. The Labute approximate surface area is 200 Å². The molecule has 0 unspecified atom stereocenters. The van der Waals surface area contributed by atoms with Crippen LogP contribution >= 0.6 is 0 Å². The molecular formula is C24H24N6O5. The van der Waals surface area contributed by atoms with Crippen LogP contribution in [0.3, 0.4) is 0 Å². The molecule has 1 aliphatic rings. The first kappa shape index (κ1) is 22.4. The molecule has 2 aromatic heterocycles. The molecule has 0 atom stereocenters. The monoisotopic (exact) mass is 476 g/mol. The summed E-state index contributed by atoms with van der Waals surface area (Å²) in [5.41, 5.74) is 3.73.